The maximum atomic E-state index is 12.0. The lowest BCUT2D eigenvalue weighted by molar-refractivity contribution is -0.135. The van der Waals surface area contributed by atoms with Crippen LogP contribution in [0.5, 0.6) is 17.2 Å². The molecule has 2 aliphatic heterocycles. The molecular weight excluding hydrogens is 395 g/mol. The van der Waals surface area contributed by atoms with Crippen LogP contribution in [0.3, 0.4) is 0 Å². The number of halogens is 2. The van der Waals surface area contributed by atoms with Crippen LogP contribution in [0, 0.1) is 0 Å². The Kier molecular flexibility index (Phi) is 4.72. The first kappa shape index (κ1) is 17.8. The summed E-state index contributed by atoms with van der Waals surface area (Å²) < 4.78 is 22.1. The lowest BCUT2D eigenvalue weighted by Crippen LogP contribution is -2.25. The fourth-order valence-corrected chi connectivity index (χ4v) is 3.04. The molecule has 2 aliphatic rings. The molecule has 0 aliphatic carbocycles. The Hall–Kier alpha value is -2.64. The second-order valence-corrected chi connectivity index (χ2v) is 6.64. The summed E-state index contributed by atoms with van der Waals surface area (Å²) in [4.78, 5) is 12.0. The van der Waals surface area contributed by atoms with Gasteiger partial charge in [0.25, 0.3) is 0 Å². The summed E-state index contributed by atoms with van der Waals surface area (Å²) in [5.41, 5.74) is 0.543. The van der Waals surface area contributed by atoms with Gasteiger partial charge in [-0.1, -0.05) is 23.2 Å². The molecule has 1 unspecified atom stereocenters. The number of nitrogens with zero attached hydrogens (tertiary/aromatic N) is 2. The van der Waals surface area contributed by atoms with E-state index in [0.29, 0.717) is 32.9 Å². The summed E-state index contributed by atoms with van der Waals surface area (Å²) in [7, 11) is 0. The smallest absolute Gasteiger partial charge is 0.247 e. The van der Waals surface area contributed by atoms with Gasteiger partial charge in [-0.2, -0.15) is 5.01 Å². The largest absolute Gasteiger partial charge is 0.484 e. The Bertz CT molecular complexity index is 917. The highest BCUT2D eigenvalue weighted by Gasteiger charge is 2.35. The number of carbonyl (C=O) groups is 1. The molecule has 0 spiro atoms. The van der Waals surface area contributed by atoms with E-state index in [9.17, 15) is 4.79 Å². The van der Waals surface area contributed by atoms with E-state index < -0.39 is 6.23 Å². The maximum Gasteiger partial charge on any atom is 0.247 e. The van der Waals surface area contributed by atoms with Crippen LogP contribution in [-0.2, 0) is 9.53 Å². The zero-order valence-electron chi connectivity index (χ0n) is 14.1. The third-order valence-electron chi connectivity index (χ3n) is 3.95. The van der Waals surface area contributed by atoms with Crippen molar-refractivity contribution < 1.29 is 23.7 Å². The van der Waals surface area contributed by atoms with Crippen LogP contribution in [0.4, 0.5) is 0 Å². The van der Waals surface area contributed by atoms with Crippen molar-refractivity contribution in [2.75, 3.05) is 13.4 Å². The van der Waals surface area contributed by atoms with Crippen molar-refractivity contribution in [3.63, 3.8) is 0 Å². The lowest BCUT2D eigenvalue weighted by atomic mass is 10.1. The monoisotopic (exact) mass is 408 g/mol. The second-order valence-electron chi connectivity index (χ2n) is 5.80. The summed E-state index contributed by atoms with van der Waals surface area (Å²) in [6.07, 6.45) is -0.812. The second kappa shape index (κ2) is 7.17. The molecule has 0 N–H and O–H groups in total. The predicted octanol–water partition coefficient (Wildman–Crippen LogP) is 3.99. The Morgan fingerprint density at radius 1 is 1.22 bits per heavy atom. The number of carbonyl (C=O) groups excluding carboxylic acids is 1. The number of hydrogen-bond acceptors (Lipinski definition) is 6. The Labute approximate surface area is 165 Å². The van der Waals surface area contributed by atoms with E-state index in [2.05, 4.69) is 5.10 Å². The molecule has 2 heterocycles. The summed E-state index contributed by atoms with van der Waals surface area (Å²) in [6.45, 7) is 1.56. The number of amides is 1. The minimum Gasteiger partial charge on any atom is -0.484 e. The van der Waals surface area contributed by atoms with Gasteiger partial charge in [0.05, 0.1) is 5.02 Å². The minimum atomic E-state index is -0.812. The van der Waals surface area contributed by atoms with Gasteiger partial charge in [0.1, 0.15) is 5.75 Å². The highest BCUT2D eigenvalue weighted by Crippen LogP contribution is 2.41. The summed E-state index contributed by atoms with van der Waals surface area (Å²) in [5.74, 6) is 1.63. The number of ether oxygens (including phenoxy) is 4. The Morgan fingerprint density at radius 3 is 2.63 bits per heavy atom. The van der Waals surface area contributed by atoms with Gasteiger partial charge in [0, 0.05) is 23.6 Å². The molecule has 4 rings (SSSR count). The minimum absolute atomic E-state index is 0.0457. The van der Waals surface area contributed by atoms with Crippen LogP contribution in [0.2, 0.25) is 10.0 Å². The molecular formula is C18H14Cl2N2O5. The number of rotatable bonds is 4. The van der Waals surface area contributed by atoms with Gasteiger partial charge in [-0.25, -0.2) is 0 Å². The molecule has 27 heavy (non-hydrogen) atoms. The van der Waals surface area contributed by atoms with E-state index in [1.54, 1.807) is 36.4 Å². The molecule has 140 valence electrons. The number of hydrogen-bond donors (Lipinski definition) is 0. The third-order valence-corrected chi connectivity index (χ3v) is 4.52. The van der Waals surface area contributed by atoms with E-state index in [1.807, 2.05) is 0 Å². The molecule has 2 aromatic rings. The van der Waals surface area contributed by atoms with E-state index in [0.717, 1.165) is 0 Å². The number of hydrazone groups is 1. The molecule has 0 saturated carbocycles. The van der Waals surface area contributed by atoms with Gasteiger partial charge in [-0.3, -0.25) is 4.79 Å². The fourth-order valence-electron chi connectivity index (χ4n) is 2.67. The molecule has 1 amide bonds. The summed E-state index contributed by atoms with van der Waals surface area (Å²) in [5, 5.41) is 6.41. The van der Waals surface area contributed by atoms with Crippen LogP contribution in [0.25, 0.3) is 0 Å². The van der Waals surface area contributed by atoms with Gasteiger partial charge in [-0.15, -0.1) is 5.10 Å². The fraction of sp³-hybridized carbons (Fsp3) is 0.222. The van der Waals surface area contributed by atoms with Crippen molar-refractivity contribution in [3.05, 3.63) is 52.0 Å². The molecule has 2 aromatic carbocycles. The van der Waals surface area contributed by atoms with Crippen molar-refractivity contribution in [1.82, 2.24) is 5.01 Å². The molecule has 0 aromatic heterocycles. The van der Waals surface area contributed by atoms with E-state index in [4.69, 9.17) is 42.1 Å². The van der Waals surface area contributed by atoms with Gasteiger partial charge in [-0.05, 0) is 30.3 Å². The molecule has 0 saturated heterocycles. The van der Waals surface area contributed by atoms with Gasteiger partial charge in [0.2, 0.25) is 24.8 Å². The molecule has 9 heteroatoms. The third kappa shape index (κ3) is 3.61. The van der Waals surface area contributed by atoms with Crippen molar-refractivity contribution >= 4 is 35.0 Å². The topological polar surface area (TPSA) is 69.6 Å². The lowest BCUT2D eigenvalue weighted by Gasteiger charge is -2.20. The Morgan fingerprint density at radius 2 is 1.93 bits per heavy atom. The first-order valence-corrected chi connectivity index (χ1v) is 8.78. The average Bonchev–Trinajstić information content (AvgIpc) is 3.26. The first-order chi connectivity index (χ1) is 13.0. The quantitative estimate of drug-likeness (QED) is 0.764. The highest BCUT2D eigenvalue weighted by atomic mass is 35.5. The predicted molar refractivity (Wildman–Crippen MR) is 98.3 cm³/mol. The normalized spacial score (nSPS) is 17.5. The van der Waals surface area contributed by atoms with Crippen LogP contribution in [-0.4, -0.2) is 30.2 Å². The number of fused-ring (bicyclic) bond motifs is 1. The molecule has 0 radical (unpaired) electrons. The van der Waals surface area contributed by atoms with Crippen molar-refractivity contribution in [3.8, 4) is 17.2 Å². The van der Waals surface area contributed by atoms with E-state index >= 15 is 0 Å². The SMILES string of the molecule is CC(=O)N1N=C(COc2ccc(Cl)cc2)OC1c1cc2c(cc1Cl)OCO2. The van der Waals surface area contributed by atoms with Gasteiger partial charge < -0.3 is 18.9 Å². The highest BCUT2D eigenvalue weighted by molar-refractivity contribution is 6.31. The average molecular weight is 409 g/mol. The van der Waals surface area contributed by atoms with Gasteiger partial charge in [0.15, 0.2) is 18.1 Å². The maximum absolute atomic E-state index is 12.0. The van der Waals surface area contributed by atoms with Crippen molar-refractivity contribution in [2.24, 2.45) is 5.10 Å². The molecule has 0 fully saturated rings. The zero-order chi connectivity index (χ0) is 19.0. The number of benzene rings is 2. The van der Waals surface area contributed by atoms with Crippen LogP contribution < -0.4 is 14.2 Å². The first-order valence-electron chi connectivity index (χ1n) is 8.02. The zero-order valence-corrected chi connectivity index (χ0v) is 15.7. The van der Waals surface area contributed by atoms with Crippen LogP contribution >= 0.6 is 23.2 Å². The summed E-state index contributed by atoms with van der Waals surface area (Å²) in [6, 6.07) is 10.2. The molecule has 0 bridgehead atoms. The van der Waals surface area contributed by atoms with E-state index in [1.165, 1.54) is 11.9 Å². The van der Waals surface area contributed by atoms with Crippen molar-refractivity contribution in [1.29, 1.82) is 0 Å². The van der Waals surface area contributed by atoms with Crippen LogP contribution in [0.15, 0.2) is 41.5 Å². The Balaban J connectivity index is 1.53. The van der Waals surface area contributed by atoms with E-state index in [-0.39, 0.29) is 25.2 Å². The van der Waals surface area contributed by atoms with Crippen molar-refractivity contribution in [2.45, 2.75) is 13.2 Å². The molecule has 1 atom stereocenters. The van der Waals surface area contributed by atoms with Crippen LogP contribution in [0.1, 0.15) is 18.7 Å². The van der Waals surface area contributed by atoms with Gasteiger partial charge >= 0.3 is 0 Å². The summed E-state index contributed by atoms with van der Waals surface area (Å²) >= 11 is 12.2. The standard InChI is InChI=1S/C18H14Cl2N2O5/c1-10(23)22-18(13-6-15-16(7-14(13)20)26-9-25-15)27-17(21-22)8-24-12-4-2-11(19)3-5-12/h2-7,18H,8-9H2,1H3. The molecule has 7 nitrogen and oxygen atoms in total.